The van der Waals surface area contributed by atoms with Crippen LogP contribution < -0.4 is 0 Å². The number of rotatable bonds is 5. The van der Waals surface area contributed by atoms with Gasteiger partial charge in [0.25, 0.3) is 0 Å². The molecule has 3 unspecified atom stereocenters. The maximum atomic E-state index is 10.5. The average molecular weight is 178 g/mol. The zero-order valence-corrected chi connectivity index (χ0v) is 6.12. The fourth-order valence-corrected chi connectivity index (χ4v) is 0.551. The maximum absolute atomic E-state index is 10.5. The van der Waals surface area contributed by atoms with Gasteiger partial charge in [-0.1, -0.05) is 0 Å². The summed E-state index contributed by atoms with van der Waals surface area (Å²) < 4.78 is 0. The standard InChI is InChI=1S/C6H10O6/c7-1-3(9)5(11)6(12)4(10)2-8/h1,3,5-6,8-9,11-12H,2H2. The monoisotopic (exact) mass is 178 g/mol. The molecule has 12 heavy (non-hydrogen) atoms. The third-order valence-electron chi connectivity index (χ3n) is 1.30. The summed E-state index contributed by atoms with van der Waals surface area (Å²) in [5, 5.41) is 34.5. The van der Waals surface area contributed by atoms with E-state index in [9.17, 15) is 9.59 Å². The quantitative estimate of drug-likeness (QED) is 0.330. The predicted octanol–water partition coefficient (Wildman–Crippen LogP) is -3.17. The third-order valence-corrected chi connectivity index (χ3v) is 1.30. The van der Waals surface area contributed by atoms with Gasteiger partial charge in [-0.3, -0.25) is 4.79 Å². The summed E-state index contributed by atoms with van der Waals surface area (Å²) in [6.45, 7) is -0.955. The molecule has 0 aromatic heterocycles. The zero-order chi connectivity index (χ0) is 9.72. The van der Waals surface area contributed by atoms with Crippen LogP contribution in [-0.2, 0) is 9.59 Å². The van der Waals surface area contributed by atoms with Crippen LogP contribution in [0.1, 0.15) is 0 Å². The van der Waals surface area contributed by atoms with Gasteiger partial charge in [-0.05, 0) is 0 Å². The first-order chi connectivity index (χ1) is 5.54. The van der Waals surface area contributed by atoms with Crippen molar-refractivity contribution in [1.29, 1.82) is 0 Å². The molecule has 0 aliphatic carbocycles. The third kappa shape index (κ3) is 2.67. The van der Waals surface area contributed by atoms with E-state index >= 15 is 0 Å². The first-order valence-corrected chi connectivity index (χ1v) is 3.17. The molecule has 6 nitrogen and oxygen atoms in total. The highest BCUT2D eigenvalue weighted by molar-refractivity contribution is 5.84. The number of aliphatic hydroxyl groups is 4. The van der Waals surface area contributed by atoms with Gasteiger partial charge >= 0.3 is 0 Å². The maximum Gasteiger partial charge on any atom is 0.189 e. The molecular weight excluding hydrogens is 168 g/mol. The Labute approximate surface area is 68.1 Å². The molecule has 0 rings (SSSR count). The van der Waals surface area contributed by atoms with Crippen LogP contribution in [-0.4, -0.2) is 57.4 Å². The molecule has 3 atom stereocenters. The van der Waals surface area contributed by atoms with E-state index in [0.717, 1.165) is 0 Å². The molecule has 0 aromatic carbocycles. The van der Waals surface area contributed by atoms with Crippen molar-refractivity contribution in [1.82, 2.24) is 0 Å². The number of ketones is 1. The van der Waals surface area contributed by atoms with Crippen LogP contribution in [0.2, 0.25) is 0 Å². The summed E-state index contributed by atoms with van der Waals surface area (Å²) in [4.78, 5) is 20.4. The van der Waals surface area contributed by atoms with Crippen molar-refractivity contribution < 1.29 is 30.0 Å². The van der Waals surface area contributed by atoms with Crippen molar-refractivity contribution in [3.8, 4) is 0 Å². The predicted molar refractivity (Wildman–Crippen MR) is 36.2 cm³/mol. The van der Waals surface area contributed by atoms with Gasteiger partial charge in [0.2, 0.25) is 0 Å². The number of carbonyl (C=O) groups is 2. The van der Waals surface area contributed by atoms with Gasteiger partial charge in [0.15, 0.2) is 12.1 Å². The van der Waals surface area contributed by atoms with Gasteiger partial charge in [0.05, 0.1) is 0 Å². The van der Waals surface area contributed by atoms with Crippen molar-refractivity contribution in [3.05, 3.63) is 0 Å². The summed E-state index contributed by atoms with van der Waals surface area (Å²) in [6, 6.07) is 0. The molecule has 0 saturated carbocycles. The second kappa shape index (κ2) is 4.94. The second-order valence-corrected chi connectivity index (χ2v) is 2.19. The van der Waals surface area contributed by atoms with Crippen LogP contribution >= 0.6 is 0 Å². The van der Waals surface area contributed by atoms with Crippen LogP contribution in [0.15, 0.2) is 0 Å². The Balaban J connectivity index is 4.17. The minimum Gasteiger partial charge on any atom is -0.388 e. The molecule has 0 saturated heterocycles. The van der Waals surface area contributed by atoms with E-state index < -0.39 is 30.7 Å². The Morgan fingerprint density at radius 3 is 2.17 bits per heavy atom. The molecule has 0 aliphatic heterocycles. The van der Waals surface area contributed by atoms with Crippen LogP contribution in [0, 0.1) is 0 Å². The van der Waals surface area contributed by atoms with Gasteiger partial charge in [0, 0.05) is 0 Å². The molecule has 0 aromatic rings. The van der Waals surface area contributed by atoms with E-state index in [2.05, 4.69) is 0 Å². The lowest BCUT2D eigenvalue weighted by molar-refractivity contribution is -0.143. The molecular formula is C6H10O6. The van der Waals surface area contributed by atoms with Crippen LogP contribution in [0.25, 0.3) is 0 Å². The number of hydrogen-bond acceptors (Lipinski definition) is 6. The Bertz CT molecular complexity index is 167. The van der Waals surface area contributed by atoms with Crippen molar-refractivity contribution in [2.24, 2.45) is 0 Å². The van der Waals surface area contributed by atoms with E-state index in [1.807, 2.05) is 0 Å². The zero-order valence-electron chi connectivity index (χ0n) is 6.12. The van der Waals surface area contributed by atoms with Crippen molar-refractivity contribution in [2.45, 2.75) is 18.3 Å². The minimum absolute atomic E-state index is 0.0153. The molecule has 0 radical (unpaired) electrons. The molecule has 0 amide bonds. The first-order valence-electron chi connectivity index (χ1n) is 3.17. The van der Waals surface area contributed by atoms with Gasteiger partial charge < -0.3 is 25.2 Å². The van der Waals surface area contributed by atoms with E-state index in [4.69, 9.17) is 20.4 Å². The number of aldehydes is 1. The second-order valence-electron chi connectivity index (χ2n) is 2.19. The number of aliphatic hydroxyl groups excluding tert-OH is 4. The SMILES string of the molecule is O=CC(O)C(O)C(O)C(=O)CO. The molecule has 6 heteroatoms. The Hall–Kier alpha value is -0.820. The molecule has 0 heterocycles. The van der Waals surface area contributed by atoms with Gasteiger partial charge in [0.1, 0.15) is 24.9 Å². The van der Waals surface area contributed by atoms with Gasteiger partial charge in [-0.2, -0.15) is 0 Å². The number of Topliss-reactive ketones (excluding diaryl/α,β-unsaturated/α-hetero) is 1. The van der Waals surface area contributed by atoms with Crippen LogP contribution in [0.5, 0.6) is 0 Å². The molecule has 70 valence electrons. The minimum atomic E-state index is -1.94. The van der Waals surface area contributed by atoms with Gasteiger partial charge in [-0.15, -0.1) is 0 Å². The lowest BCUT2D eigenvalue weighted by Gasteiger charge is -2.16. The molecule has 0 aliphatic rings. The molecule has 4 N–H and O–H groups in total. The van der Waals surface area contributed by atoms with E-state index in [1.54, 1.807) is 0 Å². The Morgan fingerprint density at radius 2 is 1.83 bits per heavy atom. The fraction of sp³-hybridized carbons (Fsp3) is 0.667. The van der Waals surface area contributed by atoms with Crippen molar-refractivity contribution >= 4 is 12.1 Å². The largest absolute Gasteiger partial charge is 0.388 e. The highest BCUT2D eigenvalue weighted by Crippen LogP contribution is 1.99. The topological polar surface area (TPSA) is 115 Å². The highest BCUT2D eigenvalue weighted by atomic mass is 16.4. The summed E-state index contributed by atoms with van der Waals surface area (Å²) in [5.74, 6) is -1.05. The molecule has 0 spiro atoms. The van der Waals surface area contributed by atoms with Crippen LogP contribution in [0.4, 0.5) is 0 Å². The molecule has 0 fully saturated rings. The highest BCUT2D eigenvalue weighted by Gasteiger charge is 2.29. The summed E-state index contributed by atoms with van der Waals surface area (Å²) >= 11 is 0. The Morgan fingerprint density at radius 1 is 1.33 bits per heavy atom. The van der Waals surface area contributed by atoms with Gasteiger partial charge in [-0.25, -0.2) is 0 Å². The number of hydrogen-bond donors (Lipinski definition) is 4. The van der Waals surface area contributed by atoms with Crippen molar-refractivity contribution in [2.75, 3.05) is 6.61 Å². The first kappa shape index (κ1) is 11.2. The van der Waals surface area contributed by atoms with E-state index in [1.165, 1.54) is 0 Å². The summed E-state index contributed by atoms with van der Waals surface area (Å²) in [7, 11) is 0. The lowest BCUT2D eigenvalue weighted by atomic mass is 10.1. The summed E-state index contributed by atoms with van der Waals surface area (Å²) in [5.41, 5.74) is 0. The lowest BCUT2D eigenvalue weighted by Crippen LogP contribution is -2.43. The van der Waals surface area contributed by atoms with E-state index in [0.29, 0.717) is 0 Å². The fourth-order valence-electron chi connectivity index (χ4n) is 0.551. The van der Waals surface area contributed by atoms with Crippen molar-refractivity contribution in [3.63, 3.8) is 0 Å². The van der Waals surface area contributed by atoms with Crippen LogP contribution in [0.3, 0.4) is 0 Å². The molecule has 0 bridgehead atoms. The summed E-state index contributed by atoms with van der Waals surface area (Å²) in [6.07, 6.45) is -5.66. The Kier molecular flexibility index (Phi) is 4.60. The average Bonchev–Trinajstić information content (AvgIpc) is 2.12. The normalized spacial score (nSPS) is 18.0. The number of carbonyl (C=O) groups excluding carboxylic acids is 2. The van der Waals surface area contributed by atoms with E-state index in [-0.39, 0.29) is 6.29 Å². The smallest absolute Gasteiger partial charge is 0.189 e.